The summed E-state index contributed by atoms with van der Waals surface area (Å²) in [6.45, 7) is 2.85. The van der Waals surface area contributed by atoms with E-state index in [0.717, 1.165) is 30.1 Å². The summed E-state index contributed by atoms with van der Waals surface area (Å²) in [5, 5.41) is 16.6. The van der Waals surface area contributed by atoms with Crippen LogP contribution in [0.2, 0.25) is 0 Å². The van der Waals surface area contributed by atoms with E-state index in [2.05, 4.69) is 44.9 Å². The summed E-state index contributed by atoms with van der Waals surface area (Å²) >= 11 is 0. The molecule has 0 radical (unpaired) electrons. The molecule has 100 valence electrons. The third kappa shape index (κ3) is 1.74. The van der Waals surface area contributed by atoms with Gasteiger partial charge in [-0.2, -0.15) is 9.61 Å². The van der Waals surface area contributed by atoms with E-state index in [1.54, 1.807) is 0 Å². The van der Waals surface area contributed by atoms with E-state index >= 15 is 0 Å². The zero-order valence-electron chi connectivity index (χ0n) is 11.2. The lowest BCUT2D eigenvalue weighted by molar-refractivity contribution is 0.621. The Morgan fingerprint density at radius 1 is 1.15 bits per heavy atom. The summed E-state index contributed by atoms with van der Waals surface area (Å²) in [5.74, 6) is 1.24. The minimum absolute atomic E-state index is 0.300. The van der Waals surface area contributed by atoms with Crippen LogP contribution in [0.15, 0.2) is 36.4 Å². The first kappa shape index (κ1) is 11.4. The lowest BCUT2D eigenvalue weighted by Gasteiger charge is -2.24. The van der Waals surface area contributed by atoms with Gasteiger partial charge in [0, 0.05) is 18.2 Å². The number of aryl methyl sites for hydroxylation is 1. The van der Waals surface area contributed by atoms with Crippen molar-refractivity contribution in [1.29, 1.82) is 0 Å². The molecular weight excluding hydrogens is 250 g/mol. The van der Waals surface area contributed by atoms with E-state index < -0.39 is 0 Å². The number of anilines is 1. The van der Waals surface area contributed by atoms with Gasteiger partial charge in [0.15, 0.2) is 11.5 Å². The summed E-state index contributed by atoms with van der Waals surface area (Å²) in [4.78, 5) is 0. The van der Waals surface area contributed by atoms with Crippen LogP contribution in [0.5, 0.6) is 0 Å². The van der Waals surface area contributed by atoms with Gasteiger partial charge in [-0.05, 0) is 37.1 Å². The van der Waals surface area contributed by atoms with Crippen molar-refractivity contribution in [2.24, 2.45) is 0 Å². The van der Waals surface area contributed by atoms with Gasteiger partial charge >= 0.3 is 0 Å². The standard InChI is InChI=1S/C15H15N5/c1-10-6-7-14-17-18-15(20(14)19-10)12-8-11-4-2-3-5-13(11)16-9-12/h2-7,12,16H,8-9H2,1H3. The van der Waals surface area contributed by atoms with Crippen molar-refractivity contribution in [1.82, 2.24) is 19.8 Å². The van der Waals surface area contributed by atoms with Crippen molar-refractivity contribution >= 4 is 11.3 Å². The Balaban J connectivity index is 1.76. The second-order valence-corrected chi connectivity index (χ2v) is 5.24. The van der Waals surface area contributed by atoms with Crippen molar-refractivity contribution in [3.63, 3.8) is 0 Å². The quantitative estimate of drug-likeness (QED) is 0.732. The number of nitrogens with zero attached hydrogens (tertiary/aromatic N) is 4. The van der Waals surface area contributed by atoms with Gasteiger partial charge in [0.25, 0.3) is 0 Å². The molecule has 1 aliphatic rings. The highest BCUT2D eigenvalue weighted by Gasteiger charge is 2.24. The van der Waals surface area contributed by atoms with Gasteiger partial charge in [0.1, 0.15) is 0 Å². The van der Waals surface area contributed by atoms with Crippen LogP contribution >= 0.6 is 0 Å². The highest BCUT2D eigenvalue weighted by atomic mass is 15.4. The van der Waals surface area contributed by atoms with Crippen molar-refractivity contribution in [2.45, 2.75) is 19.3 Å². The Kier molecular flexibility index (Phi) is 2.45. The molecule has 1 N–H and O–H groups in total. The molecule has 0 amide bonds. The summed E-state index contributed by atoms with van der Waals surface area (Å²) < 4.78 is 1.87. The first-order chi connectivity index (χ1) is 9.81. The lowest BCUT2D eigenvalue weighted by Crippen LogP contribution is -2.23. The lowest BCUT2D eigenvalue weighted by atomic mass is 9.93. The van der Waals surface area contributed by atoms with E-state index in [4.69, 9.17) is 0 Å². The minimum Gasteiger partial charge on any atom is -0.384 e. The molecule has 0 aliphatic carbocycles. The van der Waals surface area contributed by atoms with Crippen molar-refractivity contribution in [2.75, 3.05) is 11.9 Å². The highest BCUT2D eigenvalue weighted by Crippen LogP contribution is 2.29. The van der Waals surface area contributed by atoms with Gasteiger partial charge in [0.05, 0.1) is 5.69 Å². The van der Waals surface area contributed by atoms with Gasteiger partial charge in [-0.15, -0.1) is 10.2 Å². The Morgan fingerprint density at radius 2 is 2.05 bits per heavy atom. The summed E-state index contributed by atoms with van der Waals surface area (Å²) in [5.41, 5.74) is 4.34. The van der Waals surface area contributed by atoms with Crippen LogP contribution in [-0.2, 0) is 6.42 Å². The van der Waals surface area contributed by atoms with Gasteiger partial charge in [-0.1, -0.05) is 18.2 Å². The molecule has 1 unspecified atom stereocenters. The molecule has 5 heteroatoms. The Labute approximate surface area is 116 Å². The maximum atomic E-state index is 4.53. The van der Waals surface area contributed by atoms with Crippen LogP contribution in [0.1, 0.15) is 23.0 Å². The molecule has 0 saturated carbocycles. The maximum Gasteiger partial charge on any atom is 0.177 e. The Morgan fingerprint density at radius 3 is 3.00 bits per heavy atom. The van der Waals surface area contributed by atoms with E-state index in [1.165, 1.54) is 11.3 Å². The number of hydrogen-bond acceptors (Lipinski definition) is 4. The van der Waals surface area contributed by atoms with Gasteiger partial charge in [0.2, 0.25) is 0 Å². The molecule has 1 aliphatic heterocycles. The predicted octanol–water partition coefficient (Wildman–Crippen LogP) is 2.18. The second-order valence-electron chi connectivity index (χ2n) is 5.24. The maximum absolute atomic E-state index is 4.53. The van der Waals surface area contributed by atoms with E-state index in [1.807, 2.05) is 23.6 Å². The van der Waals surface area contributed by atoms with Crippen LogP contribution in [0.3, 0.4) is 0 Å². The van der Waals surface area contributed by atoms with Crippen LogP contribution in [0, 0.1) is 6.92 Å². The van der Waals surface area contributed by atoms with Crippen LogP contribution < -0.4 is 5.32 Å². The normalized spacial score (nSPS) is 17.8. The molecule has 3 heterocycles. The van der Waals surface area contributed by atoms with Crippen LogP contribution in [-0.4, -0.2) is 26.4 Å². The highest BCUT2D eigenvalue weighted by molar-refractivity contribution is 5.54. The predicted molar refractivity (Wildman–Crippen MR) is 76.9 cm³/mol. The first-order valence-corrected chi connectivity index (χ1v) is 6.82. The fourth-order valence-electron chi connectivity index (χ4n) is 2.78. The molecule has 20 heavy (non-hydrogen) atoms. The number of benzene rings is 1. The number of para-hydroxylation sites is 1. The number of nitrogens with one attached hydrogen (secondary N) is 1. The summed E-state index contributed by atoms with van der Waals surface area (Å²) in [6, 6.07) is 12.3. The molecule has 0 bridgehead atoms. The van der Waals surface area contributed by atoms with E-state index in [0.29, 0.717) is 5.92 Å². The van der Waals surface area contributed by atoms with Crippen molar-refractivity contribution < 1.29 is 0 Å². The van der Waals surface area contributed by atoms with Gasteiger partial charge < -0.3 is 5.32 Å². The zero-order chi connectivity index (χ0) is 13.5. The number of aromatic nitrogens is 4. The van der Waals surface area contributed by atoms with Crippen molar-refractivity contribution in [3.8, 4) is 0 Å². The second kappa shape index (κ2) is 4.30. The minimum atomic E-state index is 0.300. The fourth-order valence-corrected chi connectivity index (χ4v) is 2.78. The van der Waals surface area contributed by atoms with Crippen molar-refractivity contribution in [3.05, 3.63) is 53.5 Å². The monoisotopic (exact) mass is 265 g/mol. The molecule has 0 spiro atoms. The first-order valence-electron chi connectivity index (χ1n) is 6.82. The third-order valence-electron chi connectivity index (χ3n) is 3.81. The largest absolute Gasteiger partial charge is 0.384 e. The molecule has 3 aromatic rings. The van der Waals surface area contributed by atoms with Gasteiger partial charge in [-0.25, -0.2) is 0 Å². The summed E-state index contributed by atoms with van der Waals surface area (Å²) in [6.07, 6.45) is 0.972. The fraction of sp³-hybridized carbons (Fsp3) is 0.267. The zero-order valence-corrected chi connectivity index (χ0v) is 11.2. The number of hydrogen-bond donors (Lipinski definition) is 1. The smallest absolute Gasteiger partial charge is 0.177 e. The number of fused-ring (bicyclic) bond motifs is 2. The SMILES string of the molecule is Cc1ccc2nnc(C3CNc4ccccc4C3)n2n1. The van der Waals surface area contributed by atoms with E-state index in [9.17, 15) is 0 Å². The average Bonchev–Trinajstić information content (AvgIpc) is 2.89. The van der Waals surface area contributed by atoms with Crippen LogP contribution in [0.4, 0.5) is 5.69 Å². The molecule has 4 rings (SSSR count). The Bertz CT molecular complexity index is 777. The number of rotatable bonds is 1. The van der Waals surface area contributed by atoms with Gasteiger partial charge in [-0.3, -0.25) is 0 Å². The molecule has 0 saturated heterocycles. The third-order valence-corrected chi connectivity index (χ3v) is 3.81. The molecule has 0 fully saturated rings. The van der Waals surface area contributed by atoms with E-state index in [-0.39, 0.29) is 0 Å². The average molecular weight is 265 g/mol. The molecule has 5 nitrogen and oxygen atoms in total. The summed E-state index contributed by atoms with van der Waals surface area (Å²) in [7, 11) is 0. The molecular formula is C15H15N5. The Hall–Kier alpha value is -2.43. The molecule has 1 atom stereocenters. The topological polar surface area (TPSA) is 55.1 Å². The van der Waals surface area contributed by atoms with Crippen LogP contribution in [0.25, 0.3) is 5.65 Å². The molecule has 1 aromatic carbocycles. The molecule has 2 aromatic heterocycles.